The number of carbonyl (C=O) groups is 2. The highest BCUT2D eigenvalue weighted by atomic mass is 32.2. The first kappa shape index (κ1) is 26.7. The standard InChI is InChI=1S/C24H30FN3O6S2/c1-2-5-21(29)27-13-14-28(19(16-27)24(30)26-34-22-6-3-4-15-33-22)36(31,32)23-12-11-20(35-23)17-7-9-18(25)10-8-17/h7-12,19,22H,2-6,13-16H2,1H3,(H,26,30)/t19-,22?/m1/s1. The summed E-state index contributed by atoms with van der Waals surface area (Å²) in [5.74, 6) is -1.16. The molecular formula is C24H30FN3O6S2. The number of halogens is 1. The van der Waals surface area contributed by atoms with Crippen LogP contribution in [-0.2, 0) is 29.2 Å². The molecule has 2 aliphatic heterocycles. The predicted octanol–water partition coefficient (Wildman–Crippen LogP) is 3.13. The fourth-order valence-electron chi connectivity index (χ4n) is 4.21. The lowest BCUT2D eigenvalue weighted by atomic mass is 10.2. The summed E-state index contributed by atoms with van der Waals surface area (Å²) in [7, 11) is -4.06. The van der Waals surface area contributed by atoms with E-state index >= 15 is 0 Å². The number of nitrogens with zero attached hydrogens (tertiary/aromatic N) is 2. The van der Waals surface area contributed by atoms with Gasteiger partial charge in [0, 0.05) is 44.0 Å². The fraction of sp³-hybridized carbons (Fsp3) is 0.500. The number of hydrogen-bond donors (Lipinski definition) is 1. The molecule has 1 aromatic carbocycles. The first-order valence-electron chi connectivity index (χ1n) is 12.0. The summed E-state index contributed by atoms with van der Waals surface area (Å²) in [5, 5.41) is 0. The number of rotatable bonds is 8. The highest BCUT2D eigenvalue weighted by Gasteiger charge is 2.42. The van der Waals surface area contributed by atoms with E-state index in [1.54, 1.807) is 18.2 Å². The quantitative estimate of drug-likeness (QED) is 0.517. The molecule has 0 bridgehead atoms. The molecule has 0 radical (unpaired) electrons. The predicted molar refractivity (Wildman–Crippen MR) is 132 cm³/mol. The van der Waals surface area contributed by atoms with Gasteiger partial charge in [0.2, 0.25) is 5.91 Å². The zero-order valence-electron chi connectivity index (χ0n) is 20.0. The van der Waals surface area contributed by atoms with E-state index in [0.717, 1.165) is 28.5 Å². The van der Waals surface area contributed by atoms with Crippen LogP contribution in [0.25, 0.3) is 10.4 Å². The van der Waals surface area contributed by atoms with E-state index in [1.165, 1.54) is 23.1 Å². The van der Waals surface area contributed by atoms with Crippen LogP contribution in [0, 0.1) is 5.82 Å². The van der Waals surface area contributed by atoms with Gasteiger partial charge in [0.1, 0.15) is 16.1 Å². The largest absolute Gasteiger partial charge is 0.350 e. The number of benzene rings is 1. The lowest BCUT2D eigenvalue weighted by Gasteiger charge is -2.39. The Bertz CT molecular complexity index is 1160. The Kier molecular flexibility index (Phi) is 8.73. The summed E-state index contributed by atoms with van der Waals surface area (Å²) in [6, 6.07) is 7.76. The van der Waals surface area contributed by atoms with Crippen LogP contribution in [0.4, 0.5) is 4.39 Å². The van der Waals surface area contributed by atoms with Crippen LogP contribution in [0.2, 0.25) is 0 Å². The molecule has 196 valence electrons. The average Bonchev–Trinajstić information content (AvgIpc) is 3.39. The van der Waals surface area contributed by atoms with Crippen LogP contribution in [0.15, 0.2) is 40.6 Å². The molecule has 2 fully saturated rings. The SMILES string of the molecule is CCCC(=O)N1CCN(S(=O)(=O)c2ccc(-c3ccc(F)cc3)s2)[C@@H](C(=O)NOC2CCCCO2)C1. The number of piperazine rings is 1. The summed E-state index contributed by atoms with van der Waals surface area (Å²) in [6.07, 6.45) is 2.81. The van der Waals surface area contributed by atoms with Crippen molar-refractivity contribution in [3.05, 3.63) is 42.2 Å². The van der Waals surface area contributed by atoms with E-state index in [2.05, 4.69) is 5.48 Å². The summed E-state index contributed by atoms with van der Waals surface area (Å²) in [4.78, 5) is 33.3. The van der Waals surface area contributed by atoms with Crippen LogP contribution < -0.4 is 5.48 Å². The van der Waals surface area contributed by atoms with E-state index in [-0.39, 0.29) is 35.6 Å². The second kappa shape index (κ2) is 11.8. The molecule has 2 saturated heterocycles. The van der Waals surface area contributed by atoms with Crippen molar-refractivity contribution in [1.82, 2.24) is 14.7 Å². The Morgan fingerprint density at radius 2 is 1.94 bits per heavy atom. The summed E-state index contributed by atoms with van der Waals surface area (Å²) < 4.78 is 47.2. The normalized spacial score (nSPS) is 21.3. The van der Waals surface area contributed by atoms with Gasteiger partial charge in [-0.15, -0.1) is 11.3 Å². The third-order valence-electron chi connectivity index (χ3n) is 6.15. The minimum Gasteiger partial charge on any atom is -0.350 e. The molecule has 9 nitrogen and oxygen atoms in total. The van der Waals surface area contributed by atoms with Crippen molar-refractivity contribution in [3.8, 4) is 10.4 Å². The third kappa shape index (κ3) is 6.12. The fourth-order valence-corrected chi connectivity index (χ4v) is 7.22. The molecule has 12 heteroatoms. The summed E-state index contributed by atoms with van der Waals surface area (Å²) >= 11 is 1.04. The molecule has 2 aliphatic rings. The van der Waals surface area contributed by atoms with Crippen molar-refractivity contribution in [2.45, 2.75) is 55.6 Å². The van der Waals surface area contributed by atoms with Gasteiger partial charge < -0.3 is 9.64 Å². The van der Waals surface area contributed by atoms with Crippen molar-refractivity contribution in [1.29, 1.82) is 0 Å². The van der Waals surface area contributed by atoms with E-state index < -0.39 is 28.3 Å². The molecule has 1 aromatic heterocycles. The molecule has 0 aliphatic carbocycles. The van der Waals surface area contributed by atoms with Gasteiger partial charge in [0.25, 0.3) is 15.9 Å². The molecule has 3 heterocycles. The molecule has 1 N–H and O–H groups in total. The third-order valence-corrected chi connectivity index (χ3v) is 9.66. The average molecular weight is 540 g/mol. The molecule has 36 heavy (non-hydrogen) atoms. The number of hydrogen-bond acceptors (Lipinski definition) is 7. The number of hydroxylamine groups is 1. The molecule has 4 rings (SSSR count). The summed E-state index contributed by atoms with van der Waals surface area (Å²) in [6.45, 7) is 2.49. The van der Waals surface area contributed by atoms with Crippen molar-refractivity contribution in [3.63, 3.8) is 0 Å². The molecule has 0 saturated carbocycles. The van der Waals surface area contributed by atoms with Crippen molar-refractivity contribution < 1.29 is 32.0 Å². The monoisotopic (exact) mass is 539 g/mol. The molecule has 2 amide bonds. The smallest absolute Gasteiger partial charge is 0.263 e. The minimum atomic E-state index is -4.06. The number of nitrogens with one attached hydrogen (secondary N) is 1. The highest BCUT2D eigenvalue weighted by molar-refractivity contribution is 7.91. The first-order valence-corrected chi connectivity index (χ1v) is 14.3. The Morgan fingerprint density at radius 3 is 2.64 bits per heavy atom. The van der Waals surface area contributed by atoms with Gasteiger partial charge >= 0.3 is 0 Å². The summed E-state index contributed by atoms with van der Waals surface area (Å²) in [5.41, 5.74) is 3.05. The van der Waals surface area contributed by atoms with Gasteiger partial charge in [-0.2, -0.15) is 4.31 Å². The van der Waals surface area contributed by atoms with Crippen molar-refractivity contribution >= 4 is 33.2 Å². The van der Waals surface area contributed by atoms with Gasteiger partial charge in [-0.25, -0.2) is 23.1 Å². The zero-order valence-corrected chi connectivity index (χ0v) is 21.7. The Morgan fingerprint density at radius 1 is 1.17 bits per heavy atom. The van der Waals surface area contributed by atoms with Gasteiger partial charge in [-0.05, 0) is 49.1 Å². The minimum absolute atomic E-state index is 0.0282. The highest BCUT2D eigenvalue weighted by Crippen LogP contribution is 2.33. The number of sulfonamides is 1. The number of amides is 2. The maximum Gasteiger partial charge on any atom is 0.263 e. The van der Waals surface area contributed by atoms with E-state index in [4.69, 9.17) is 9.57 Å². The van der Waals surface area contributed by atoms with Crippen molar-refractivity contribution in [2.24, 2.45) is 0 Å². The Labute approximate surface area is 214 Å². The van der Waals surface area contributed by atoms with Gasteiger partial charge in [-0.3, -0.25) is 9.59 Å². The van der Waals surface area contributed by atoms with Crippen LogP contribution in [0.3, 0.4) is 0 Å². The van der Waals surface area contributed by atoms with Gasteiger partial charge in [0.15, 0.2) is 6.29 Å². The van der Waals surface area contributed by atoms with Crippen molar-refractivity contribution in [2.75, 3.05) is 26.2 Å². The van der Waals surface area contributed by atoms with Crippen LogP contribution in [-0.4, -0.2) is 68.0 Å². The molecular weight excluding hydrogens is 509 g/mol. The molecule has 2 aromatic rings. The second-order valence-electron chi connectivity index (χ2n) is 8.73. The molecule has 1 unspecified atom stereocenters. The second-order valence-corrected chi connectivity index (χ2v) is 11.9. The Hall–Kier alpha value is -2.38. The van der Waals surface area contributed by atoms with Crippen LogP contribution >= 0.6 is 11.3 Å². The first-order chi connectivity index (χ1) is 17.3. The Balaban J connectivity index is 1.55. The zero-order chi connectivity index (χ0) is 25.7. The van der Waals surface area contributed by atoms with Crippen LogP contribution in [0.1, 0.15) is 39.0 Å². The maximum absolute atomic E-state index is 13.6. The lowest BCUT2D eigenvalue weighted by Crippen LogP contribution is -2.61. The topological polar surface area (TPSA) is 105 Å². The van der Waals surface area contributed by atoms with E-state index in [1.807, 2.05) is 6.92 Å². The molecule has 2 atom stereocenters. The van der Waals surface area contributed by atoms with E-state index in [0.29, 0.717) is 36.3 Å². The van der Waals surface area contributed by atoms with Gasteiger partial charge in [0.05, 0.1) is 0 Å². The van der Waals surface area contributed by atoms with Gasteiger partial charge in [-0.1, -0.05) is 19.1 Å². The van der Waals surface area contributed by atoms with E-state index in [9.17, 15) is 22.4 Å². The van der Waals surface area contributed by atoms with Crippen LogP contribution in [0.5, 0.6) is 0 Å². The maximum atomic E-state index is 13.6. The number of thiophene rings is 1. The lowest BCUT2D eigenvalue weighted by molar-refractivity contribution is -0.202. The molecule has 0 spiro atoms. The number of carbonyl (C=O) groups excluding carboxylic acids is 2. The number of ether oxygens (including phenoxy) is 1.